The Hall–Kier alpha value is -6.37. The van der Waals surface area contributed by atoms with Crippen LogP contribution in [0.1, 0.15) is 103 Å². The van der Waals surface area contributed by atoms with E-state index in [0.29, 0.717) is 55.9 Å². The van der Waals surface area contributed by atoms with Gasteiger partial charge < -0.3 is 39.5 Å². The summed E-state index contributed by atoms with van der Waals surface area (Å²) in [5.74, 6) is 0.989. The van der Waals surface area contributed by atoms with E-state index in [4.69, 9.17) is 19.9 Å². The van der Waals surface area contributed by atoms with Gasteiger partial charge in [-0.1, -0.05) is 30.3 Å². The Bertz CT molecular complexity index is 2660. The molecule has 7 heterocycles. The molecule has 18 nitrogen and oxygen atoms in total. The van der Waals surface area contributed by atoms with Crippen LogP contribution in [0.2, 0.25) is 0 Å². The van der Waals surface area contributed by atoms with Gasteiger partial charge in [0, 0.05) is 107 Å². The molecule has 7 atom stereocenters. The van der Waals surface area contributed by atoms with E-state index in [-0.39, 0.29) is 48.1 Å². The summed E-state index contributed by atoms with van der Waals surface area (Å²) in [4.78, 5) is 76.8. The summed E-state index contributed by atoms with van der Waals surface area (Å²) in [5.41, 5.74) is 11.2. The monoisotopic (exact) mass is 983 g/mol. The van der Waals surface area contributed by atoms with Gasteiger partial charge in [-0.05, 0) is 81.3 Å². The zero-order chi connectivity index (χ0) is 49.6. The highest BCUT2D eigenvalue weighted by atomic mass is 16.5. The fraction of sp³-hybridized carbons (Fsp3) is 0.537. The Kier molecular flexibility index (Phi) is 13.5. The normalized spacial score (nSPS) is 27.0. The van der Waals surface area contributed by atoms with Gasteiger partial charge in [0.2, 0.25) is 17.7 Å². The van der Waals surface area contributed by atoms with Crippen molar-refractivity contribution in [3.63, 3.8) is 0 Å². The molecule has 1 aliphatic carbocycles. The predicted octanol–water partition coefficient (Wildman–Crippen LogP) is 4.85. The molecule has 380 valence electrons. The maximum absolute atomic E-state index is 13.4. The molecular formula is C54H66N10O8. The number of methoxy groups -OCH3 is 1. The number of nitrogens with zero attached hydrogens (tertiary/aromatic N) is 8. The lowest BCUT2D eigenvalue weighted by Gasteiger charge is -2.45. The van der Waals surface area contributed by atoms with Gasteiger partial charge in [-0.2, -0.15) is 5.11 Å². The van der Waals surface area contributed by atoms with Crippen LogP contribution in [0, 0.1) is 5.92 Å². The summed E-state index contributed by atoms with van der Waals surface area (Å²) in [5, 5.41) is 11.3. The molecule has 3 aromatic carbocycles. The summed E-state index contributed by atoms with van der Waals surface area (Å²) in [6, 6.07) is 22.1. The minimum Gasteiger partial charge on any atom is -0.496 e. The number of nitrogens with two attached hydrogens (primary N) is 1. The topological polar surface area (TPSA) is 195 Å². The third kappa shape index (κ3) is 9.44. The molecule has 7 unspecified atom stereocenters. The van der Waals surface area contributed by atoms with Gasteiger partial charge in [0.15, 0.2) is 5.82 Å². The number of hydrogen-bond acceptors (Lipinski definition) is 15. The standard InChI is InChI=1S/C54H66N10O8/c1-33(60-20-18-37(19-21-60)72-32-34-11-13-39-42(28-34)54(69)64(53(39)68)44-15-16-47(65)56-52(44)67)10-17-48(66)61-24-22-59(23-25-61)26-27-71-38-7-5-6-35(29-38)63-36-12-14-41-49(50(41)63)62(31-36)45-30-43(57-58-51(45)55)40-8-3-4-9-46(40)70-2/h3-9,11,13,28-29,33,36-37,41,43-44,49-50H,10,12,14-27,30-32,55H2,1-2H3,(H,56,65,67). The number of likely N-dealkylation sites (tertiary alicyclic amines) is 2. The van der Waals surface area contributed by atoms with Gasteiger partial charge in [-0.3, -0.25) is 39.1 Å². The number of piperidine rings is 3. The number of para-hydroxylation sites is 1. The molecule has 0 aromatic heterocycles. The van der Waals surface area contributed by atoms with Crippen molar-refractivity contribution >= 4 is 35.2 Å². The van der Waals surface area contributed by atoms with E-state index < -0.39 is 29.7 Å². The van der Waals surface area contributed by atoms with Crippen LogP contribution in [0.25, 0.3) is 0 Å². The Morgan fingerprint density at radius 2 is 1.68 bits per heavy atom. The molecule has 72 heavy (non-hydrogen) atoms. The molecule has 0 spiro atoms. The molecule has 18 heteroatoms. The van der Waals surface area contributed by atoms with Gasteiger partial charge in [-0.15, -0.1) is 5.11 Å². The zero-order valence-electron chi connectivity index (χ0n) is 41.3. The van der Waals surface area contributed by atoms with E-state index >= 15 is 0 Å². The molecule has 5 amide bonds. The summed E-state index contributed by atoms with van der Waals surface area (Å²) in [6.45, 7) is 9.66. The number of carbonyl (C=O) groups is 5. The lowest BCUT2D eigenvalue weighted by atomic mass is 9.98. The molecule has 5 saturated heterocycles. The summed E-state index contributed by atoms with van der Waals surface area (Å²) >= 11 is 0. The van der Waals surface area contributed by atoms with Crippen LogP contribution in [0.15, 0.2) is 88.5 Å². The summed E-state index contributed by atoms with van der Waals surface area (Å²) in [7, 11) is 1.70. The SMILES string of the molecule is COc1ccccc1C1CC(N2CC3CCC4C2C4N3c2cccc(OCCN3CCN(C(=O)CCC(C)N4CCC(OCc5ccc6c(c5)C(=O)N(C5CCC(=O)NC5=O)C6=O)CC4)CC3)c2)=C(N)N=N1. The lowest BCUT2D eigenvalue weighted by molar-refractivity contribution is -0.136. The van der Waals surface area contributed by atoms with Crippen LogP contribution in [0.4, 0.5) is 5.69 Å². The molecule has 6 fully saturated rings. The number of fused-ring (bicyclic) bond motifs is 3. The Balaban J connectivity index is 0.583. The molecule has 8 aliphatic rings. The smallest absolute Gasteiger partial charge is 0.262 e. The van der Waals surface area contributed by atoms with Crippen molar-refractivity contribution < 1.29 is 38.2 Å². The van der Waals surface area contributed by atoms with Crippen molar-refractivity contribution in [3.05, 3.63) is 101 Å². The highest BCUT2D eigenvalue weighted by molar-refractivity contribution is 6.23. The minimum absolute atomic E-state index is 0.0566. The number of anilines is 1. The van der Waals surface area contributed by atoms with Gasteiger partial charge in [0.1, 0.15) is 30.2 Å². The van der Waals surface area contributed by atoms with Crippen LogP contribution < -0.4 is 25.4 Å². The molecule has 3 N–H and O–H groups in total. The molecule has 1 saturated carbocycles. The third-order valence-electron chi connectivity index (χ3n) is 16.6. The average molecular weight is 983 g/mol. The molecule has 11 rings (SSSR count). The van der Waals surface area contributed by atoms with Crippen molar-refractivity contribution in [1.82, 2.24) is 29.8 Å². The number of ether oxygens (including phenoxy) is 3. The van der Waals surface area contributed by atoms with Crippen molar-refractivity contribution in [1.29, 1.82) is 0 Å². The van der Waals surface area contributed by atoms with E-state index in [1.165, 1.54) is 12.1 Å². The number of carbonyl (C=O) groups excluding carboxylic acids is 5. The number of nitrogens with one attached hydrogen (secondary N) is 1. The minimum atomic E-state index is -0.992. The van der Waals surface area contributed by atoms with E-state index in [1.807, 2.05) is 23.1 Å². The van der Waals surface area contributed by atoms with E-state index in [0.717, 1.165) is 111 Å². The van der Waals surface area contributed by atoms with Crippen LogP contribution in [0.3, 0.4) is 0 Å². The Labute approximate surface area is 420 Å². The second-order valence-electron chi connectivity index (χ2n) is 20.8. The third-order valence-corrected chi connectivity index (χ3v) is 16.6. The largest absolute Gasteiger partial charge is 0.496 e. The first kappa shape index (κ1) is 47.9. The van der Waals surface area contributed by atoms with E-state index in [9.17, 15) is 24.0 Å². The van der Waals surface area contributed by atoms with Crippen LogP contribution >= 0.6 is 0 Å². The second kappa shape index (κ2) is 20.3. The first-order valence-corrected chi connectivity index (χ1v) is 26.0. The molecule has 7 aliphatic heterocycles. The highest BCUT2D eigenvalue weighted by Crippen LogP contribution is 2.56. The maximum Gasteiger partial charge on any atom is 0.262 e. The van der Waals surface area contributed by atoms with Crippen LogP contribution in [-0.2, 0) is 25.7 Å². The average Bonchev–Trinajstić information content (AvgIpc) is 4.13. The van der Waals surface area contributed by atoms with Crippen molar-refractivity contribution in [2.75, 3.05) is 71.0 Å². The number of imide groups is 2. The highest BCUT2D eigenvalue weighted by Gasteiger charge is 2.64. The maximum atomic E-state index is 13.4. The first-order chi connectivity index (χ1) is 35.0. The fourth-order valence-electron chi connectivity index (χ4n) is 12.6. The first-order valence-electron chi connectivity index (χ1n) is 26.0. The van der Waals surface area contributed by atoms with Crippen molar-refractivity contribution in [2.45, 2.75) is 114 Å². The van der Waals surface area contributed by atoms with E-state index in [2.05, 4.69) is 72.4 Å². The number of hydrogen-bond donors (Lipinski definition) is 2. The van der Waals surface area contributed by atoms with Gasteiger partial charge in [0.05, 0.1) is 48.7 Å². The number of rotatable bonds is 16. The molecule has 0 radical (unpaired) electrons. The Morgan fingerprint density at radius 3 is 2.49 bits per heavy atom. The number of piperazine rings is 2. The van der Waals surface area contributed by atoms with Crippen molar-refractivity contribution in [2.24, 2.45) is 21.9 Å². The van der Waals surface area contributed by atoms with Crippen molar-refractivity contribution in [3.8, 4) is 11.5 Å². The number of amides is 5. The lowest BCUT2D eigenvalue weighted by Crippen LogP contribution is -2.54. The molecule has 2 bridgehead atoms. The van der Waals surface area contributed by atoms with Crippen LogP contribution in [0.5, 0.6) is 11.5 Å². The summed E-state index contributed by atoms with van der Waals surface area (Å²) < 4.78 is 18.3. The quantitative estimate of drug-likeness (QED) is 0.185. The fourth-order valence-corrected chi connectivity index (χ4v) is 12.6. The Morgan fingerprint density at radius 1 is 0.875 bits per heavy atom. The number of azo groups is 1. The van der Waals surface area contributed by atoms with Gasteiger partial charge in [-0.25, -0.2) is 0 Å². The second-order valence-corrected chi connectivity index (χ2v) is 20.8. The molecule has 3 aromatic rings. The van der Waals surface area contributed by atoms with Crippen LogP contribution in [-0.4, -0.2) is 156 Å². The predicted molar refractivity (Wildman–Crippen MR) is 266 cm³/mol. The van der Waals surface area contributed by atoms with Gasteiger partial charge in [0.25, 0.3) is 11.8 Å². The summed E-state index contributed by atoms with van der Waals surface area (Å²) in [6.07, 6.45) is 6.38. The van der Waals surface area contributed by atoms with E-state index in [1.54, 1.807) is 25.3 Å². The molecular weight excluding hydrogens is 917 g/mol. The van der Waals surface area contributed by atoms with Gasteiger partial charge >= 0.3 is 0 Å². The zero-order valence-corrected chi connectivity index (χ0v) is 41.3. The number of benzene rings is 3.